The van der Waals surface area contributed by atoms with Gasteiger partial charge >= 0.3 is 5.97 Å². The second kappa shape index (κ2) is 12.9. The van der Waals surface area contributed by atoms with Gasteiger partial charge in [0.05, 0.1) is 17.6 Å². The molecule has 0 aliphatic heterocycles. The van der Waals surface area contributed by atoms with Gasteiger partial charge in [-0.25, -0.2) is 9.79 Å². The summed E-state index contributed by atoms with van der Waals surface area (Å²) in [5.41, 5.74) is 3.32. The van der Waals surface area contributed by atoms with Crippen LogP contribution in [0.2, 0.25) is 0 Å². The maximum Gasteiger partial charge on any atom is 0.328 e. The summed E-state index contributed by atoms with van der Waals surface area (Å²) in [7, 11) is 0. The Morgan fingerprint density at radius 3 is 2.48 bits per heavy atom. The van der Waals surface area contributed by atoms with Crippen LogP contribution in [-0.2, 0) is 11.2 Å². The van der Waals surface area contributed by atoms with Crippen LogP contribution in [0.3, 0.4) is 0 Å². The van der Waals surface area contributed by atoms with Crippen LogP contribution in [0.1, 0.15) is 83.3 Å². The van der Waals surface area contributed by atoms with Gasteiger partial charge in [-0.05, 0) is 67.7 Å². The lowest BCUT2D eigenvalue weighted by molar-refractivity contribution is -0.131. The zero-order chi connectivity index (χ0) is 22.7. The summed E-state index contributed by atoms with van der Waals surface area (Å²) >= 11 is 1.97. The third-order valence-corrected chi connectivity index (χ3v) is 7.26. The normalized spacial score (nSPS) is 18.5. The lowest BCUT2D eigenvalue weighted by Gasteiger charge is -2.44. The highest BCUT2D eigenvalue weighted by Gasteiger charge is 2.41. The maximum atomic E-state index is 10.8. The summed E-state index contributed by atoms with van der Waals surface area (Å²) in [5.74, 6) is 0.253. The Morgan fingerprint density at radius 1 is 1.23 bits per heavy atom. The first-order valence-electron chi connectivity index (χ1n) is 11.9. The Bertz CT molecular complexity index is 748. The summed E-state index contributed by atoms with van der Waals surface area (Å²) in [4.78, 5) is 18.4. The molecule has 0 spiro atoms. The highest BCUT2D eigenvalue weighted by atomic mass is 32.2. The molecule has 4 nitrogen and oxygen atoms in total. The van der Waals surface area contributed by atoms with Crippen molar-refractivity contribution in [2.45, 2.75) is 90.1 Å². The quantitative estimate of drug-likeness (QED) is 0.254. The van der Waals surface area contributed by atoms with E-state index in [1.165, 1.54) is 63.2 Å². The Balaban J connectivity index is 0.00000166. The van der Waals surface area contributed by atoms with Crippen LogP contribution in [0, 0.1) is 0 Å². The van der Waals surface area contributed by atoms with Gasteiger partial charge in [-0.1, -0.05) is 52.5 Å². The first-order chi connectivity index (χ1) is 15.1. The van der Waals surface area contributed by atoms with Gasteiger partial charge in [0.25, 0.3) is 0 Å². The fourth-order valence-electron chi connectivity index (χ4n) is 4.98. The molecule has 0 amide bonds. The van der Waals surface area contributed by atoms with Gasteiger partial charge in [-0.2, -0.15) is 11.8 Å². The molecule has 0 aromatic heterocycles. The molecule has 1 N–H and O–H groups in total. The zero-order valence-corrected chi connectivity index (χ0v) is 20.6. The molecule has 0 heterocycles. The van der Waals surface area contributed by atoms with Crippen LogP contribution in [0.4, 0.5) is 5.69 Å². The van der Waals surface area contributed by atoms with E-state index in [-0.39, 0.29) is 5.54 Å². The summed E-state index contributed by atoms with van der Waals surface area (Å²) < 4.78 is 0. The van der Waals surface area contributed by atoms with E-state index in [0.29, 0.717) is 6.04 Å². The Labute approximate surface area is 193 Å². The highest BCUT2D eigenvalue weighted by molar-refractivity contribution is 7.98. The third kappa shape index (κ3) is 6.86. The molecule has 0 bridgehead atoms. The molecule has 0 radical (unpaired) electrons. The van der Waals surface area contributed by atoms with Gasteiger partial charge in [0.1, 0.15) is 0 Å². The van der Waals surface area contributed by atoms with Crippen LogP contribution >= 0.6 is 11.8 Å². The van der Waals surface area contributed by atoms with Gasteiger partial charge in [0.2, 0.25) is 0 Å². The second-order valence-corrected chi connectivity index (χ2v) is 9.23. The molecule has 5 heteroatoms. The fraction of sp³-hybridized carbons (Fsp3) is 0.615. The molecule has 3 rings (SSSR count). The van der Waals surface area contributed by atoms with E-state index >= 15 is 0 Å². The van der Waals surface area contributed by atoms with E-state index in [1.54, 1.807) is 6.08 Å². The molecule has 2 aliphatic carbocycles. The van der Waals surface area contributed by atoms with Crippen molar-refractivity contribution < 1.29 is 9.90 Å². The molecule has 0 atom stereocenters. The minimum atomic E-state index is -0.923. The number of thioether (sulfide) groups is 1. The molecule has 172 valence electrons. The van der Waals surface area contributed by atoms with Crippen molar-refractivity contribution in [2.24, 2.45) is 4.99 Å². The van der Waals surface area contributed by atoms with Gasteiger partial charge in [0, 0.05) is 17.9 Å². The van der Waals surface area contributed by atoms with E-state index in [2.05, 4.69) is 30.5 Å². The van der Waals surface area contributed by atoms with Gasteiger partial charge in [-0.3, -0.25) is 0 Å². The SMILES string of the molecule is CC.CCc1cc(/C=C/C(=O)O)ccc1N=CN(C1CCCC1)C1(CSC)CCCC1. The van der Waals surface area contributed by atoms with Crippen molar-refractivity contribution >= 4 is 35.8 Å². The average Bonchev–Trinajstić information content (AvgIpc) is 3.48. The van der Waals surface area contributed by atoms with E-state index in [9.17, 15) is 4.79 Å². The van der Waals surface area contributed by atoms with Crippen molar-refractivity contribution in [3.63, 3.8) is 0 Å². The molecule has 2 aliphatic rings. The van der Waals surface area contributed by atoms with Crippen LogP contribution < -0.4 is 0 Å². The molecule has 1 aromatic rings. The Hall–Kier alpha value is -1.75. The smallest absolute Gasteiger partial charge is 0.328 e. The number of carboxylic acid groups (broad SMARTS) is 1. The zero-order valence-electron chi connectivity index (χ0n) is 19.8. The number of carbonyl (C=O) groups is 1. The molecule has 2 saturated carbocycles. The molecule has 2 fully saturated rings. The summed E-state index contributed by atoms with van der Waals surface area (Å²) in [6.07, 6.45) is 18.5. The monoisotopic (exact) mass is 444 g/mol. The van der Waals surface area contributed by atoms with Crippen LogP contribution in [0.5, 0.6) is 0 Å². The predicted molar refractivity (Wildman–Crippen MR) is 136 cm³/mol. The van der Waals surface area contributed by atoms with E-state index in [0.717, 1.165) is 23.2 Å². The van der Waals surface area contributed by atoms with Gasteiger partial charge < -0.3 is 10.0 Å². The van der Waals surface area contributed by atoms with Gasteiger partial charge in [-0.15, -0.1) is 0 Å². The van der Waals surface area contributed by atoms with Crippen LogP contribution in [0.15, 0.2) is 29.3 Å². The lowest BCUT2D eigenvalue weighted by Crippen LogP contribution is -2.52. The highest BCUT2D eigenvalue weighted by Crippen LogP contribution is 2.41. The van der Waals surface area contributed by atoms with Gasteiger partial charge in [0.15, 0.2) is 0 Å². The molecule has 0 saturated heterocycles. The van der Waals surface area contributed by atoms with Crippen molar-refractivity contribution in [2.75, 3.05) is 12.0 Å². The molecule has 31 heavy (non-hydrogen) atoms. The molecule has 1 aromatic carbocycles. The number of aliphatic imine (C=N–C) groups is 1. The number of rotatable bonds is 9. The van der Waals surface area contributed by atoms with Crippen molar-refractivity contribution in [1.82, 2.24) is 4.90 Å². The minimum absolute atomic E-state index is 0.258. The van der Waals surface area contributed by atoms with E-state index in [4.69, 9.17) is 10.1 Å². The van der Waals surface area contributed by atoms with Crippen LogP contribution in [-0.4, -0.2) is 45.9 Å². The predicted octanol–water partition coefficient (Wildman–Crippen LogP) is 6.95. The molecular weight excluding hydrogens is 404 g/mol. The topological polar surface area (TPSA) is 52.9 Å². The van der Waals surface area contributed by atoms with Crippen molar-refractivity contribution in [3.05, 3.63) is 35.4 Å². The summed E-state index contributed by atoms with van der Waals surface area (Å²) in [6.45, 7) is 6.12. The third-order valence-electron chi connectivity index (χ3n) is 6.44. The number of hydrogen-bond acceptors (Lipinski definition) is 3. The maximum absolute atomic E-state index is 10.8. The Kier molecular flexibility index (Phi) is 10.7. The van der Waals surface area contributed by atoms with Crippen molar-refractivity contribution in [3.8, 4) is 0 Å². The number of nitrogens with zero attached hydrogens (tertiary/aromatic N) is 2. The standard InChI is InChI=1S/C24H34N2O2S.C2H6/c1-3-20-16-19(11-13-23(27)28)10-12-22(20)25-18-26(21-8-4-5-9-21)24(17-29-2)14-6-7-15-24;1-2/h10-13,16,18,21H,3-9,14-15,17H2,1-2H3,(H,27,28);1-2H3/b13-11+,25-18?;. The summed E-state index contributed by atoms with van der Waals surface area (Å²) in [6, 6.07) is 6.66. The molecular formula is C26H40N2O2S. The molecule has 0 unspecified atom stereocenters. The number of aliphatic carboxylic acids is 1. The van der Waals surface area contributed by atoms with E-state index in [1.807, 2.05) is 37.7 Å². The van der Waals surface area contributed by atoms with Crippen LogP contribution in [0.25, 0.3) is 6.08 Å². The lowest BCUT2D eigenvalue weighted by atomic mass is 9.95. The number of carboxylic acids is 1. The number of hydrogen-bond donors (Lipinski definition) is 1. The second-order valence-electron chi connectivity index (χ2n) is 8.37. The largest absolute Gasteiger partial charge is 0.478 e. The first-order valence-corrected chi connectivity index (χ1v) is 13.3. The number of aryl methyl sites for hydroxylation is 1. The first kappa shape index (κ1) is 25.5. The minimum Gasteiger partial charge on any atom is -0.478 e. The average molecular weight is 445 g/mol. The van der Waals surface area contributed by atoms with Crippen molar-refractivity contribution in [1.29, 1.82) is 0 Å². The fourth-order valence-corrected chi connectivity index (χ4v) is 5.95. The Morgan fingerprint density at radius 2 is 1.90 bits per heavy atom. The van der Waals surface area contributed by atoms with E-state index < -0.39 is 5.97 Å². The number of benzene rings is 1. The summed E-state index contributed by atoms with van der Waals surface area (Å²) in [5, 5.41) is 8.86.